The van der Waals surface area contributed by atoms with Crippen LogP contribution in [0, 0.1) is 11.3 Å². The van der Waals surface area contributed by atoms with Crippen LogP contribution in [0.1, 0.15) is 16.1 Å². The van der Waals surface area contributed by atoms with Gasteiger partial charge in [0.25, 0.3) is 0 Å². The van der Waals surface area contributed by atoms with Gasteiger partial charge in [0.1, 0.15) is 0 Å². The Labute approximate surface area is 125 Å². The third-order valence-electron chi connectivity index (χ3n) is 2.60. The molecule has 0 bridgehead atoms. The zero-order chi connectivity index (χ0) is 14.7. The van der Waals surface area contributed by atoms with Crippen LogP contribution in [0.2, 0.25) is 10.0 Å². The van der Waals surface area contributed by atoms with Crippen molar-refractivity contribution in [2.45, 2.75) is 0 Å². The SMILES string of the molecule is COC(=O)c1nc(-c2ccc(C#N)cc2Cl)ccc1Cl. The third kappa shape index (κ3) is 2.74. The summed E-state index contributed by atoms with van der Waals surface area (Å²) >= 11 is 12.0. The zero-order valence-electron chi connectivity index (χ0n) is 10.4. The molecule has 0 aliphatic heterocycles. The summed E-state index contributed by atoms with van der Waals surface area (Å²) in [5.41, 5.74) is 1.55. The molecule has 0 unspecified atom stereocenters. The monoisotopic (exact) mass is 306 g/mol. The number of carbonyl (C=O) groups excluding carboxylic acids is 1. The van der Waals surface area contributed by atoms with Crippen molar-refractivity contribution in [3.8, 4) is 17.3 Å². The van der Waals surface area contributed by atoms with Gasteiger partial charge in [-0.25, -0.2) is 9.78 Å². The Morgan fingerprint density at radius 3 is 2.60 bits per heavy atom. The number of methoxy groups -OCH3 is 1. The van der Waals surface area contributed by atoms with Crippen LogP contribution >= 0.6 is 23.2 Å². The Bertz CT molecular complexity index is 724. The van der Waals surface area contributed by atoms with Crippen molar-refractivity contribution < 1.29 is 9.53 Å². The molecule has 100 valence electrons. The van der Waals surface area contributed by atoms with E-state index in [1.807, 2.05) is 6.07 Å². The van der Waals surface area contributed by atoms with Gasteiger partial charge in [0.15, 0.2) is 5.69 Å². The standard InChI is InChI=1S/C14H8Cl2N2O2/c1-20-14(19)13-10(15)4-5-12(18-13)9-3-2-8(7-17)6-11(9)16/h2-6H,1H3. The molecule has 4 nitrogen and oxygen atoms in total. The van der Waals surface area contributed by atoms with Gasteiger partial charge in [0.2, 0.25) is 0 Å². The second-order valence-corrected chi connectivity index (χ2v) is 4.64. The van der Waals surface area contributed by atoms with E-state index < -0.39 is 5.97 Å². The normalized spacial score (nSPS) is 9.90. The van der Waals surface area contributed by atoms with Crippen LogP contribution in [0.15, 0.2) is 30.3 Å². The maximum atomic E-state index is 11.6. The van der Waals surface area contributed by atoms with Crippen molar-refractivity contribution in [2.75, 3.05) is 7.11 Å². The van der Waals surface area contributed by atoms with Gasteiger partial charge in [-0.15, -0.1) is 0 Å². The van der Waals surface area contributed by atoms with E-state index in [-0.39, 0.29) is 10.7 Å². The Morgan fingerprint density at radius 1 is 1.25 bits per heavy atom. The molecule has 0 radical (unpaired) electrons. The maximum Gasteiger partial charge on any atom is 0.358 e. The Hall–Kier alpha value is -2.09. The minimum atomic E-state index is -0.624. The molecule has 0 amide bonds. The van der Waals surface area contributed by atoms with Crippen LogP contribution in [-0.2, 0) is 4.74 Å². The number of hydrogen-bond donors (Lipinski definition) is 0. The number of halogens is 2. The highest BCUT2D eigenvalue weighted by atomic mass is 35.5. The quantitative estimate of drug-likeness (QED) is 0.793. The predicted octanol–water partition coefficient (Wildman–Crippen LogP) is 3.71. The Kier molecular flexibility index (Phi) is 4.23. The molecule has 1 aromatic heterocycles. The van der Waals surface area contributed by atoms with Gasteiger partial charge < -0.3 is 4.74 Å². The van der Waals surface area contributed by atoms with Gasteiger partial charge in [0, 0.05) is 5.56 Å². The van der Waals surface area contributed by atoms with Gasteiger partial charge in [-0.1, -0.05) is 23.2 Å². The molecule has 0 spiro atoms. The number of rotatable bonds is 2. The number of benzene rings is 1. The second kappa shape index (κ2) is 5.91. The van der Waals surface area contributed by atoms with Crippen molar-refractivity contribution in [3.63, 3.8) is 0 Å². The van der Waals surface area contributed by atoms with E-state index in [9.17, 15) is 4.79 Å². The molecule has 20 heavy (non-hydrogen) atoms. The van der Waals surface area contributed by atoms with Gasteiger partial charge in [-0.3, -0.25) is 0 Å². The number of aromatic nitrogens is 1. The number of nitriles is 1. The molecule has 2 rings (SSSR count). The number of pyridine rings is 1. The number of esters is 1. The molecule has 0 fully saturated rings. The lowest BCUT2D eigenvalue weighted by atomic mass is 10.1. The molecular weight excluding hydrogens is 299 g/mol. The molecule has 0 aliphatic carbocycles. The molecule has 6 heteroatoms. The van der Waals surface area contributed by atoms with E-state index in [1.165, 1.54) is 13.2 Å². The topological polar surface area (TPSA) is 63.0 Å². The highest BCUT2D eigenvalue weighted by molar-refractivity contribution is 6.34. The van der Waals surface area contributed by atoms with Crippen LogP contribution in [0.5, 0.6) is 0 Å². The van der Waals surface area contributed by atoms with Crippen molar-refractivity contribution >= 4 is 29.2 Å². The highest BCUT2D eigenvalue weighted by Crippen LogP contribution is 2.29. The molecule has 1 aromatic carbocycles. The fourth-order valence-corrected chi connectivity index (χ4v) is 2.08. The summed E-state index contributed by atoms with van der Waals surface area (Å²) in [4.78, 5) is 15.7. The smallest absolute Gasteiger partial charge is 0.358 e. The van der Waals surface area contributed by atoms with Crippen LogP contribution in [0.4, 0.5) is 0 Å². The van der Waals surface area contributed by atoms with Crippen LogP contribution in [0.25, 0.3) is 11.3 Å². The van der Waals surface area contributed by atoms with Gasteiger partial charge in [-0.2, -0.15) is 5.26 Å². The van der Waals surface area contributed by atoms with Crippen molar-refractivity contribution in [2.24, 2.45) is 0 Å². The first kappa shape index (κ1) is 14.3. The van der Waals surface area contributed by atoms with Gasteiger partial charge in [-0.05, 0) is 30.3 Å². The number of ether oxygens (including phenoxy) is 1. The maximum absolute atomic E-state index is 11.6. The minimum absolute atomic E-state index is 0.0205. The van der Waals surface area contributed by atoms with E-state index in [4.69, 9.17) is 28.5 Å². The third-order valence-corrected chi connectivity index (χ3v) is 3.22. The van der Waals surface area contributed by atoms with E-state index in [0.717, 1.165) is 0 Å². The van der Waals surface area contributed by atoms with E-state index >= 15 is 0 Å². The molecule has 2 aromatic rings. The van der Waals surface area contributed by atoms with Crippen molar-refractivity contribution in [1.29, 1.82) is 5.26 Å². The number of carbonyl (C=O) groups is 1. The molecule has 0 aliphatic rings. The van der Waals surface area contributed by atoms with Gasteiger partial charge >= 0.3 is 5.97 Å². The first-order valence-electron chi connectivity index (χ1n) is 5.51. The number of nitrogens with zero attached hydrogens (tertiary/aromatic N) is 2. The van der Waals surface area contributed by atoms with Gasteiger partial charge in [0.05, 0.1) is 34.5 Å². The lowest BCUT2D eigenvalue weighted by molar-refractivity contribution is 0.0594. The Balaban J connectivity index is 2.54. The zero-order valence-corrected chi connectivity index (χ0v) is 11.9. The second-order valence-electron chi connectivity index (χ2n) is 3.82. The summed E-state index contributed by atoms with van der Waals surface area (Å²) in [5, 5.41) is 9.38. The predicted molar refractivity (Wildman–Crippen MR) is 75.7 cm³/mol. The summed E-state index contributed by atoms with van der Waals surface area (Å²) in [6.45, 7) is 0. The van der Waals surface area contributed by atoms with Crippen LogP contribution < -0.4 is 0 Å². The summed E-state index contributed by atoms with van der Waals surface area (Å²) in [6.07, 6.45) is 0. The summed E-state index contributed by atoms with van der Waals surface area (Å²) in [5.74, 6) is -0.624. The summed E-state index contributed by atoms with van der Waals surface area (Å²) < 4.78 is 4.61. The summed E-state index contributed by atoms with van der Waals surface area (Å²) in [7, 11) is 1.25. The molecule has 0 saturated carbocycles. The Morgan fingerprint density at radius 2 is 2.00 bits per heavy atom. The van der Waals surface area contributed by atoms with Crippen LogP contribution in [0.3, 0.4) is 0 Å². The average Bonchev–Trinajstić information content (AvgIpc) is 2.47. The molecule has 0 atom stereocenters. The molecule has 0 N–H and O–H groups in total. The first-order chi connectivity index (χ1) is 9.56. The lowest BCUT2D eigenvalue weighted by Crippen LogP contribution is -2.06. The fourth-order valence-electron chi connectivity index (χ4n) is 1.62. The van der Waals surface area contributed by atoms with Crippen molar-refractivity contribution in [1.82, 2.24) is 4.98 Å². The number of hydrogen-bond acceptors (Lipinski definition) is 4. The average molecular weight is 307 g/mol. The van der Waals surface area contributed by atoms with E-state index in [0.29, 0.717) is 21.8 Å². The largest absolute Gasteiger partial charge is 0.464 e. The molecule has 0 saturated heterocycles. The lowest BCUT2D eigenvalue weighted by Gasteiger charge is -2.07. The molecular formula is C14H8Cl2N2O2. The van der Waals surface area contributed by atoms with E-state index in [2.05, 4.69) is 9.72 Å². The summed E-state index contributed by atoms with van der Waals surface area (Å²) in [6, 6.07) is 10.00. The van der Waals surface area contributed by atoms with Crippen molar-refractivity contribution in [3.05, 3.63) is 51.6 Å². The van der Waals surface area contributed by atoms with Crippen LogP contribution in [-0.4, -0.2) is 18.1 Å². The first-order valence-corrected chi connectivity index (χ1v) is 6.27. The highest BCUT2D eigenvalue weighted by Gasteiger charge is 2.15. The molecule has 1 heterocycles. The minimum Gasteiger partial charge on any atom is -0.464 e. The fraction of sp³-hybridized carbons (Fsp3) is 0.0714. The van der Waals surface area contributed by atoms with E-state index in [1.54, 1.807) is 24.3 Å².